The number of hydrogen-bond acceptors (Lipinski definition) is 15. The van der Waals surface area contributed by atoms with Gasteiger partial charge in [0.25, 0.3) is 0 Å². The summed E-state index contributed by atoms with van der Waals surface area (Å²) in [6.45, 7) is 7.19. The highest BCUT2D eigenvalue weighted by Gasteiger charge is 2.30. The van der Waals surface area contributed by atoms with Gasteiger partial charge in [-0.25, -0.2) is 9.13 Å². The van der Waals surface area contributed by atoms with E-state index in [2.05, 4.69) is 34.6 Å². The maximum absolute atomic E-state index is 13.1. The number of hydrogen-bond donors (Lipinski definition) is 3. The zero-order valence-corrected chi connectivity index (χ0v) is 62.9. The van der Waals surface area contributed by atoms with Gasteiger partial charge in [0.1, 0.15) is 19.3 Å². The third-order valence-corrected chi connectivity index (χ3v) is 19.4. The molecule has 558 valence electrons. The number of phosphoric ester groups is 2. The number of carbonyl (C=O) groups is 4. The van der Waals surface area contributed by atoms with Gasteiger partial charge in [0.05, 0.1) is 26.4 Å². The van der Waals surface area contributed by atoms with Crippen molar-refractivity contribution in [3.8, 4) is 0 Å². The Hall–Kier alpha value is -1.94. The quantitative estimate of drug-likeness (QED) is 0.0222. The summed E-state index contributed by atoms with van der Waals surface area (Å²) in [5.74, 6) is -1.42. The molecule has 0 radical (unpaired) electrons. The summed E-state index contributed by atoms with van der Waals surface area (Å²) < 4.78 is 68.4. The van der Waals surface area contributed by atoms with Crippen molar-refractivity contribution < 1.29 is 80.2 Å². The van der Waals surface area contributed by atoms with Crippen LogP contribution in [0, 0.1) is 5.92 Å². The predicted molar refractivity (Wildman–Crippen MR) is 382 cm³/mol. The standard InChI is InChI=1S/C75H146O17P2/c1-6-9-12-15-18-21-23-25-27-29-30-31-32-34-36-38-40-45-50-55-60-74(79)91-70(65-86-73(78)59-54-49-44-39-37-35-33-28-26-24-22-19-16-13-10-7-2)66-89-93(81,82)87-62-69(76)63-88-94(83,84)90-67-71(64-85-72(77)58-53-48-43-20-17-14-11-8-3)92-75(80)61-56-51-46-41-42-47-52-57-68(4)5/h68-71,76H,6-67H2,1-5H3,(H,81,82)(H,83,84)/t69-,70-,71-/m1/s1. The third kappa shape index (κ3) is 68.6. The van der Waals surface area contributed by atoms with Gasteiger partial charge < -0.3 is 33.8 Å². The van der Waals surface area contributed by atoms with Gasteiger partial charge in [-0.1, -0.05) is 343 Å². The summed E-state index contributed by atoms with van der Waals surface area (Å²) in [5.41, 5.74) is 0. The molecule has 0 heterocycles. The molecule has 0 rings (SSSR count). The number of aliphatic hydroxyl groups is 1. The zero-order valence-electron chi connectivity index (χ0n) is 61.1. The number of aliphatic hydroxyl groups excluding tert-OH is 1. The van der Waals surface area contributed by atoms with E-state index in [4.69, 9.17) is 37.0 Å². The monoisotopic (exact) mass is 1380 g/mol. The largest absolute Gasteiger partial charge is 0.472 e. The van der Waals surface area contributed by atoms with Gasteiger partial charge in [0.15, 0.2) is 12.2 Å². The van der Waals surface area contributed by atoms with Crippen LogP contribution < -0.4 is 0 Å². The summed E-state index contributed by atoms with van der Waals surface area (Å²) in [6, 6.07) is 0. The Morgan fingerprint density at radius 1 is 0.287 bits per heavy atom. The highest BCUT2D eigenvalue weighted by atomic mass is 31.2. The molecule has 0 aliphatic heterocycles. The Bertz CT molecular complexity index is 1810. The van der Waals surface area contributed by atoms with Gasteiger partial charge in [-0.3, -0.25) is 37.3 Å². The maximum Gasteiger partial charge on any atom is 0.472 e. The van der Waals surface area contributed by atoms with Crippen LogP contribution in [0.2, 0.25) is 0 Å². The van der Waals surface area contributed by atoms with Crippen LogP contribution in [-0.4, -0.2) is 96.7 Å². The van der Waals surface area contributed by atoms with Crippen LogP contribution in [0.15, 0.2) is 0 Å². The average Bonchev–Trinajstić information content (AvgIpc) is 2.15. The van der Waals surface area contributed by atoms with E-state index in [0.29, 0.717) is 31.6 Å². The fourth-order valence-electron chi connectivity index (χ4n) is 11.5. The maximum atomic E-state index is 13.1. The highest BCUT2D eigenvalue weighted by molar-refractivity contribution is 7.47. The minimum atomic E-state index is -4.96. The fraction of sp³-hybridized carbons (Fsp3) is 0.947. The van der Waals surface area contributed by atoms with Crippen LogP contribution in [0.25, 0.3) is 0 Å². The lowest BCUT2D eigenvalue weighted by Crippen LogP contribution is -2.30. The van der Waals surface area contributed by atoms with Crippen LogP contribution in [0.5, 0.6) is 0 Å². The summed E-state index contributed by atoms with van der Waals surface area (Å²) in [7, 11) is -9.90. The molecule has 19 heteroatoms. The Morgan fingerprint density at radius 3 is 0.723 bits per heavy atom. The molecule has 2 unspecified atom stereocenters. The molecule has 0 spiro atoms. The highest BCUT2D eigenvalue weighted by Crippen LogP contribution is 2.45. The van der Waals surface area contributed by atoms with E-state index in [9.17, 15) is 43.2 Å². The Balaban J connectivity index is 5.18. The molecule has 0 aliphatic carbocycles. The Kier molecular flexibility index (Phi) is 66.8. The topological polar surface area (TPSA) is 237 Å². The first-order valence-electron chi connectivity index (χ1n) is 39.1. The first-order valence-corrected chi connectivity index (χ1v) is 42.1. The summed E-state index contributed by atoms with van der Waals surface area (Å²) >= 11 is 0. The van der Waals surface area contributed by atoms with E-state index < -0.39 is 97.5 Å². The van der Waals surface area contributed by atoms with E-state index in [-0.39, 0.29) is 25.7 Å². The SMILES string of the molecule is CCCCCCCCCCCCCCCCCCCCCCC(=O)O[C@H](COC(=O)CCCCCCCCCCCCCCCCCC)COP(=O)(O)OC[C@@H](O)COP(=O)(O)OC[C@@H](COC(=O)CCCCCCCCCC)OC(=O)CCCCCCCCCC(C)C. The first-order chi connectivity index (χ1) is 45.5. The van der Waals surface area contributed by atoms with E-state index in [0.717, 1.165) is 96.3 Å². The van der Waals surface area contributed by atoms with Crippen molar-refractivity contribution in [2.45, 2.75) is 412 Å². The van der Waals surface area contributed by atoms with Crippen molar-refractivity contribution in [1.82, 2.24) is 0 Å². The van der Waals surface area contributed by atoms with E-state index in [1.54, 1.807) is 0 Å². The molecule has 0 aromatic rings. The molecule has 17 nitrogen and oxygen atoms in total. The molecule has 0 bridgehead atoms. The van der Waals surface area contributed by atoms with Crippen LogP contribution in [-0.2, 0) is 65.4 Å². The molecule has 94 heavy (non-hydrogen) atoms. The number of carbonyl (C=O) groups excluding carboxylic acids is 4. The van der Waals surface area contributed by atoms with Crippen molar-refractivity contribution in [3.63, 3.8) is 0 Å². The number of unbranched alkanes of at least 4 members (excludes halogenated alkanes) is 47. The number of esters is 4. The van der Waals surface area contributed by atoms with Crippen LogP contribution in [0.4, 0.5) is 0 Å². The second kappa shape index (κ2) is 68.2. The second-order valence-corrected chi connectivity index (χ2v) is 30.4. The molecular formula is C75H146O17P2. The van der Waals surface area contributed by atoms with Gasteiger partial charge in [-0.15, -0.1) is 0 Å². The summed E-state index contributed by atoms with van der Waals surface area (Å²) in [5, 5.41) is 10.6. The average molecular weight is 1380 g/mol. The molecule has 0 saturated carbocycles. The van der Waals surface area contributed by atoms with Crippen molar-refractivity contribution >= 4 is 39.5 Å². The Morgan fingerprint density at radius 2 is 0.489 bits per heavy atom. The van der Waals surface area contributed by atoms with Gasteiger partial charge in [0, 0.05) is 25.7 Å². The van der Waals surface area contributed by atoms with Crippen molar-refractivity contribution in [1.29, 1.82) is 0 Å². The van der Waals surface area contributed by atoms with Crippen LogP contribution in [0.1, 0.15) is 394 Å². The number of phosphoric acid groups is 2. The smallest absolute Gasteiger partial charge is 0.462 e. The molecule has 0 fully saturated rings. The first kappa shape index (κ1) is 92.1. The minimum absolute atomic E-state index is 0.104. The van der Waals surface area contributed by atoms with Gasteiger partial charge in [-0.05, 0) is 31.6 Å². The molecule has 0 amide bonds. The Labute approximate surface area is 575 Å². The molecule has 3 N–H and O–H groups in total. The lowest BCUT2D eigenvalue weighted by molar-refractivity contribution is -0.161. The molecular weight excluding hydrogens is 1230 g/mol. The molecule has 0 aromatic carbocycles. The van der Waals surface area contributed by atoms with E-state index >= 15 is 0 Å². The van der Waals surface area contributed by atoms with Gasteiger partial charge in [-0.2, -0.15) is 0 Å². The third-order valence-electron chi connectivity index (χ3n) is 17.5. The van der Waals surface area contributed by atoms with E-state index in [1.165, 1.54) is 212 Å². The number of ether oxygens (including phenoxy) is 4. The van der Waals surface area contributed by atoms with Gasteiger partial charge >= 0.3 is 39.5 Å². The van der Waals surface area contributed by atoms with Crippen LogP contribution >= 0.6 is 15.6 Å². The van der Waals surface area contributed by atoms with Crippen molar-refractivity contribution in [3.05, 3.63) is 0 Å². The van der Waals surface area contributed by atoms with Crippen LogP contribution in [0.3, 0.4) is 0 Å². The zero-order chi connectivity index (χ0) is 69.1. The molecule has 5 atom stereocenters. The lowest BCUT2D eigenvalue weighted by Gasteiger charge is -2.21. The molecule has 0 aromatic heterocycles. The minimum Gasteiger partial charge on any atom is -0.462 e. The normalized spacial score (nSPS) is 14.0. The fourth-order valence-corrected chi connectivity index (χ4v) is 13.1. The molecule has 0 saturated heterocycles. The van der Waals surface area contributed by atoms with Crippen molar-refractivity contribution in [2.75, 3.05) is 39.6 Å². The van der Waals surface area contributed by atoms with Crippen molar-refractivity contribution in [2.24, 2.45) is 5.92 Å². The lowest BCUT2D eigenvalue weighted by atomic mass is 10.0. The molecule has 0 aliphatic rings. The van der Waals surface area contributed by atoms with Gasteiger partial charge in [0.2, 0.25) is 0 Å². The number of rotatable bonds is 75. The summed E-state index contributed by atoms with van der Waals surface area (Å²) in [4.78, 5) is 72.6. The van der Waals surface area contributed by atoms with E-state index in [1.807, 2.05) is 0 Å². The second-order valence-electron chi connectivity index (χ2n) is 27.5. The summed E-state index contributed by atoms with van der Waals surface area (Å²) in [6.07, 6.45) is 57.2. The predicted octanol–water partition coefficient (Wildman–Crippen LogP) is 22.1.